The van der Waals surface area contributed by atoms with Crippen molar-refractivity contribution in [3.05, 3.63) is 56.0 Å². The summed E-state index contributed by atoms with van der Waals surface area (Å²) >= 11 is 5.03. The number of aromatic amines is 2. The van der Waals surface area contributed by atoms with Gasteiger partial charge in [0.25, 0.3) is 5.56 Å². The van der Waals surface area contributed by atoms with E-state index in [1.165, 1.54) is 0 Å². The molecule has 0 atom stereocenters. The average Bonchev–Trinajstić information content (AvgIpc) is 2.38. The summed E-state index contributed by atoms with van der Waals surface area (Å²) in [7, 11) is 0. The second kappa shape index (κ2) is 5.30. The van der Waals surface area contributed by atoms with Crippen molar-refractivity contribution < 1.29 is 0 Å². The summed E-state index contributed by atoms with van der Waals surface area (Å²) in [5, 5.41) is 0. The molecule has 1 aliphatic rings. The fourth-order valence-electron chi connectivity index (χ4n) is 2.58. The number of rotatable bonds is 2. The monoisotopic (exact) mass is 288 g/mol. The fourth-order valence-corrected chi connectivity index (χ4v) is 2.80. The van der Waals surface area contributed by atoms with E-state index >= 15 is 0 Å². The lowest BCUT2D eigenvalue weighted by molar-refractivity contribution is 0.237. The van der Waals surface area contributed by atoms with E-state index in [1.54, 1.807) is 0 Å². The molecule has 2 aromatic rings. The average molecular weight is 288 g/mol. The van der Waals surface area contributed by atoms with Crippen LogP contribution in [0.25, 0.3) is 0 Å². The first-order valence-electron chi connectivity index (χ1n) is 6.61. The molecule has 3 heterocycles. The van der Waals surface area contributed by atoms with Gasteiger partial charge in [0.1, 0.15) is 0 Å². The van der Waals surface area contributed by atoms with E-state index < -0.39 is 0 Å². The van der Waals surface area contributed by atoms with Crippen LogP contribution in [0.15, 0.2) is 23.0 Å². The normalized spacial score (nSPS) is 15.1. The lowest BCUT2D eigenvalue weighted by Crippen LogP contribution is -2.35. The van der Waals surface area contributed by atoms with Crippen LogP contribution in [0.4, 0.5) is 0 Å². The van der Waals surface area contributed by atoms with E-state index in [0.717, 1.165) is 42.2 Å². The highest BCUT2D eigenvalue weighted by atomic mass is 32.1. The van der Waals surface area contributed by atoms with Crippen LogP contribution in [0, 0.1) is 11.7 Å². The number of hydrogen-bond donors (Lipinski definition) is 2. The van der Waals surface area contributed by atoms with Crippen LogP contribution in [-0.2, 0) is 19.5 Å². The molecule has 104 valence electrons. The van der Waals surface area contributed by atoms with Crippen LogP contribution in [-0.4, -0.2) is 26.4 Å². The first kappa shape index (κ1) is 13.2. The molecule has 20 heavy (non-hydrogen) atoms. The molecule has 0 saturated heterocycles. The molecule has 5 nitrogen and oxygen atoms in total. The highest BCUT2D eigenvalue weighted by Crippen LogP contribution is 2.15. The quantitative estimate of drug-likeness (QED) is 0.826. The number of H-pyrrole nitrogens is 2. The van der Waals surface area contributed by atoms with Gasteiger partial charge in [0.2, 0.25) is 0 Å². The molecular formula is C14H16N4OS. The number of fused-ring (bicyclic) bond motifs is 1. The zero-order valence-corrected chi connectivity index (χ0v) is 12.1. The van der Waals surface area contributed by atoms with Crippen molar-refractivity contribution in [1.82, 2.24) is 19.9 Å². The second-order valence-corrected chi connectivity index (χ2v) is 5.50. The van der Waals surface area contributed by atoms with Gasteiger partial charge in [-0.25, -0.2) is 0 Å². The molecule has 0 bridgehead atoms. The van der Waals surface area contributed by atoms with Crippen LogP contribution >= 0.6 is 12.2 Å². The number of aryl methyl sites for hydroxylation is 1. The molecule has 0 spiro atoms. The van der Waals surface area contributed by atoms with E-state index in [1.807, 2.05) is 25.1 Å². The smallest absolute Gasteiger partial charge is 0.255 e. The van der Waals surface area contributed by atoms with Gasteiger partial charge in [-0.2, -0.15) is 0 Å². The van der Waals surface area contributed by atoms with E-state index in [4.69, 9.17) is 12.2 Å². The Labute approximate surface area is 121 Å². The summed E-state index contributed by atoms with van der Waals surface area (Å²) in [5.41, 5.74) is 3.77. The van der Waals surface area contributed by atoms with E-state index in [0.29, 0.717) is 11.3 Å². The fraction of sp³-hybridized carbons (Fsp3) is 0.357. The molecule has 0 saturated carbocycles. The van der Waals surface area contributed by atoms with Crippen molar-refractivity contribution in [3.8, 4) is 0 Å². The van der Waals surface area contributed by atoms with E-state index in [-0.39, 0.29) is 5.56 Å². The van der Waals surface area contributed by atoms with Crippen molar-refractivity contribution in [1.29, 1.82) is 0 Å². The topological polar surface area (TPSA) is 64.8 Å². The number of pyridine rings is 1. The highest BCUT2D eigenvalue weighted by Gasteiger charge is 2.19. The Morgan fingerprint density at radius 3 is 3.05 bits per heavy atom. The van der Waals surface area contributed by atoms with E-state index in [9.17, 15) is 4.79 Å². The molecule has 6 heteroatoms. The third-order valence-corrected chi connectivity index (χ3v) is 3.73. The zero-order chi connectivity index (χ0) is 14.1. The summed E-state index contributed by atoms with van der Waals surface area (Å²) in [4.78, 5) is 24.3. The largest absolute Gasteiger partial charge is 0.334 e. The lowest BCUT2D eigenvalue weighted by Gasteiger charge is -2.27. The second-order valence-electron chi connectivity index (χ2n) is 5.10. The van der Waals surface area contributed by atoms with Crippen molar-refractivity contribution in [2.24, 2.45) is 0 Å². The van der Waals surface area contributed by atoms with Gasteiger partial charge in [-0.1, -0.05) is 6.07 Å². The Hall–Kier alpha value is -1.79. The maximum absolute atomic E-state index is 11.8. The first-order chi connectivity index (χ1) is 9.61. The third kappa shape index (κ3) is 2.71. The summed E-state index contributed by atoms with van der Waals surface area (Å²) in [6, 6.07) is 6.04. The van der Waals surface area contributed by atoms with E-state index in [2.05, 4.69) is 19.9 Å². The van der Waals surface area contributed by atoms with Crippen molar-refractivity contribution in [2.45, 2.75) is 26.4 Å². The van der Waals surface area contributed by atoms with Gasteiger partial charge in [-0.3, -0.25) is 19.7 Å². The summed E-state index contributed by atoms with van der Waals surface area (Å²) in [6.45, 7) is 4.34. The lowest BCUT2D eigenvalue weighted by atomic mass is 10.1. The van der Waals surface area contributed by atoms with Crippen LogP contribution in [0.5, 0.6) is 0 Å². The predicted molar refractivity (Wildman–Crippen MR) is 79.0 cm³/mol. The minimum atomic E-state index is -0.0583. The van der Waals surface area contributed by atoms with Crippen molar-refractivity contribution in [2.75, 3.05) is 6.54 Å². The first-order valence-corrected chi connectivity index (χ1v) is 7.02. The molecule has 1 aliphatic heterocycles. The summed E-state index contributed by atoms with van der Waals surface area (Å²) in [6.07, 6.45) is 0.739. The van der Waals surface area contributed by atoms with Crippen LogP contribution in [0.1, 0.15) is 22.6 Å². The van der Waals surface area contributed by atoms with Gasteiger partial charge in [0, 0.05) is 36.6 Å². The van der Waals surface area contributed by atoms with Gasteiger partial charge in [0.15, 0.2) is 4.77 Å². The molecule has 0 unspecified atom stereocenters. The minimum absolute atomic E-state index is 0.0583. The van der Waals surface area contributed by atoms with Crippen molar-refractivity contribution in [3.63, 3.8) is 0 Å². The van der Waals surface area contributed by atoms with Gasteiger partial charge in [-0.05, 0) is 37.7 Å². The van der Waals surface area contributed by atoms with Crippen LogP contribution in [0.3, 0.4) is 0 Å². The standard InChI is InChI=1S/C14H16N4OS/c1-9-3-2-4-10(15-9)7-18-6-5-11-12(8-18)16-14(20)17-13(11)19/h2-4H,5-8H2,1H3,(H2,16,17,19,20). The van der Waals surface area contributed by atoms with Gasteiger partial charge >= 0.3 is 0 Å². The maximum atomic E-state index is 11.8. The molecule has 0 aliphatic carbocycles. The number of aromatic nitrogens is 3. The predicted octanol–water partition coefficient (Wildman–Crippen LogP) is 1.69. The molecule has 0 amide bonds. The Morgan fingerprint density at radius 2 is 2.25 bits per heavy atom. The number of hydrogen-bond acceptors (Lipinski definition) is 4. The Kier molecular flexibility index (Phi) is 3.50. The molecule has 0 radical (unpaired) electrons. The summed E-state index contributed by atoms with van der Waals surface area (Å²) < 4.78 is 0.393. The molecule has 0 aromatic carbocycles. The molecular weight excluding hydrogens is 272 g/mol. The van der Waals surface area contributed by atoms with Gasteiger partial charge < -0.3 is 4.98 Å². The summed E-state index contributed by atoms with van der Waals surface area (Å²) in [5.74, 6) is 0. The SMILES string of the molecule is Cc1cccc(CN2CCc3c([nH]c(=S)[nH]c3=O)C2)n1. The van der Waals surface area contributed by atoms with Crippen LogP contribution < -0.4 is 5.56 Å². The maximum Gasteiger partial charge on any atom is 0.255 e. The molecule has 2 aromatic heterocycles. The molecule has 0 fully saturated rings. The molecule has 2 N–H and O–H groups in total. The van der Waals surface area contributed by atoms with Gasteiger partial charge in [-0.15, -0.1) is 0 Å². The zero-order valence-electron chi connectivity index (χ0n) is 11.3. The Bertz CT molecular complexity index is 749. The highest BCUT2D eigenvalue weighted by molar-refractivity contribution is 7.71. The third-order valence-electron chi connectivity index (χ3n) is 3.52. The minimum Gasteiger partial charge on any atom is -0.334 e. The number of nitrogens with zero attached hydrogens (tertiary/aromatic N) is 2. The molecule has 3 rings (SSSR count). The Morgan fingerprint density at radius 1 is 1.40 bits per heavy atom. The van der Waals surface area contributed by atoms with Gasteiger partial charge in [0.05, 0.1) is 5.69 Å². The Balaban J connectivity index is 1.82. The van der Waals surface area contributed by atoms with Crippen LogP contribution in [0.2, 0.25) is 0 Å². The number of nitrogens with one attached hydrogen (secondary N) is 2. The van der Waals surface area contributed by atoms with Crippen molar-refractivity contribution >= 4 is 12.2 Å².